The first-order valence-electron chi connectivity index (χ1n) is 11.4. The van der Waals surface area contributed by atoms with Crippen molar-refractivity contribution in [3.8, 4) is 5.82 Å². The number of likely N-dealkylation sites (N-methyl/N-ethyl adjacent to an activating group) is 1. The second-order valence-corrected chi connectivity index (χ2v) is 8.48. The van der Waals surface area contributed by atoms with E-state index in [9.17, 15) is 4.79 Å². The molecule has 11 nitrogen and oxygen atoms in total. The molecule has 3 aromatic rings. The number of hydrogen-bond acceptors (Lipinski definition) is 9. The molecule has 2 aliphatic rings. The van der Waals surface area contributed by atoms with Crippen LogP contribution in [0.2, 0.25) is 0 Å². The highest BCUT2D eigenvalue weighted by Gasteiger charge is 2.21. The molecular weight excluding hydrogens is 434 g/mol. The monoisotopic (exact) mass is 463 g/mol. The number of piperazine rings is 1. The molecule has 34 heavy (non-hydrogen) atoms. The van der Waals surface area contributed by atoms with Crippen LogP contribution in [0.3, 0.4) is 0 Å². The maximum atomic E-state index is 12.7. The third-order valence-electron chi connectivity index (χ3n) is 6.13. The molecule has 178 valence electrons. The van der Waals surface area contributed by atoms with Gasteiger partial charge in [0.1, 0.15) is 0 Å². The molecule has 0 spiro atoms. The van der Waals surface area contributed by atoms with Crippen LogP contribution in [0.5, 0.6) is 0 Å². The molecule has 0 bridgehead atoms. The quantitative estimate of drug-likeness (QED) is 0.576. The second-order valence-electron chi connectivity index (χ2n) is 8.48. The minimum atomic E-state index is -0.0124. The average Bonchev–Trinajstić information content (AvgIpc) is 3.25. The summed E-state index contributed by atoms with van der Waals surface area (Å²) in [5, 5.41) is 7.62. The molecule has 1 aromatic carbocycles. The van der Waals surface area contributed by atoms with Crippen LogP contribution < -0.4 is 16.0 Å². The lowest BCUT2D eigenvalue weighted by molar-refractivity contribution is 0.0663. The Kier molecular flexibility index (Phi) is 6.28. The number of pyridine rings is 1. The minimum absolute atomic E-state index is 0.0124. The Balaban J connectivity index is 1.25. The van der Waals surface area contributed by atoms with Crippen LogP contribution in [-0.4, -0.2) is 95.0 Å². The zero-order chi connectivity index (χ0) is 23.5. The maximum absolute atomic E-state index is 12.7. The molecule has 0 radical (unpaired) electrons. The van der Waals surface area contributed by atoms with Crippen molar-refractivity contribution in [1.82, 2.24) is 29.5 Å². The molecule has 1 amide bonds. The number of anilines is 4. The van der Waals surface area contributed by atoms with Gasteiger partial charge in [-0.3, -0.25) is 4.79 Å². The van der Waals surface area contributed by atoms with E-state index in [2.05, 4.69) is 49.4 Å². The number of carbonyl (C=O) groups excluding carboxylic acids is 1. The number of morpholine rings is 1. The van der Waals surface area contributed by atoms with Gasteiger partial charge in [0.2, 0.25) is 11.9 Å². The van der Waals surface area contributed by atoms with Crippen molar-refractivity contribution in [2.24, 2.45) is 0 Å². The number of nitrogens with two attached hydrogens (primary N) is 1. The van der Waals surface area contributed by atoms with E-state index in [1.165, 1.54) is 4.68 Å². The zero-order valence-electron chi connectivity index (χ0n) is 19.2. The summed E-state index contributed by atoms with van der Waals surface area (Å²) in [6, 6.07) is 11.6. The number of ether oxygens (including phenoxy) is 1. The number of rotatable bonds is 5. The summed E-state index contributed by atoms with van der Waals surface area (Å²) in [6.07, 6.45) is 1.56. The Morgan fingerprint density at radius 2 is 1.74 bits per heavy atom. The van der Waals surface area contributed by atoms with Gasteiger partial charge in [-0.1, -0.05) is 0 Å². The largest absolute Gasteiger partial charge is 0.378 e. The third-order valence-corrected chi connectivity index (χ3v) is 6.13. The zero-order valence-corrected chi connectivity index (χ0v) is 19.2. The van der Waals surface area contributed by atoms with Gasteiger partial charge in [0.15, 0.2) is 5.82 Å². The van der Waals surface area contributed by atoms with Crippen molar-refractivity contribution in [2.45, 2.75) is 0 Å². The van der Waals surface area contributed by atoms with E-state index < -0.39 is 0 Å². The number of nitrogens with zero attached hydrogens (tertiary/aromatic N) is 7. The normalized spacial score (nSPS) is 17.1. The summed E-state index contributed by atoms with van der Waals surface area (Å²) in [4.78, 5) is 27.8. The minimum Gasteiger partial charge on any atom is -0.378 e. The lowest BCUT2D eigenvalue weighted by atomic mass is 10.2. The van der Waals surface area contributed by atoms with E-state index in [0.29, 0.717) is 17.3 Å². The molecular formula is C23H29N9O2. The molecule has 3 N–H and O–H groups in total. The predicted molar refractivity (Wildman–Crippen MR) is 130 cm³/mol. The summed E-state index contributed by atoms with van der Waals surface area (Å²) in [5.41, 5.74) is 8.65. The highest BCUT2D eigenvalue weighted by molar-refractivity contribution is 5.94. The Hall–Kier alpha value is -3.70. The third kappa shape index (κ3) is 4.80. The van der Waals surface area contributed by atoms with Crippen molar-refractivity contribution in [2.75, 3.05) is 75.5 Å². The number of nitrogens with one attached hydrogen (secondary N) is 1. The molecule has 5 rings (SSSR count). The summed E-state index contributed by atoms with van der Waals surface area (Å²) >= 11 is 0. The highest BCUT2D eigenvalue weighted by Crippen LogP contribution is 2.22. The van der Waals surface area contributed by atoms with E-state index in [1.54, 1.807) is 18.3 Å². The van der Waals surface area contributed by atoms with Crippen LogP contribution >= 0.6 is 0 Å². The topological polar surface area (TPSA) is 118 Å². The van der Waals surface area contributed by atoms with E-state index in [0.717, 1.165) is 63.9 Å². The lowest BCUT2D eigenvalue weighted by Gasteiger charge is -2.32. The van der Waals surface area contributed by atoms with Crippen molar-refractivity contribution < 1.29 is 9.53 Å². The van der Waals surface area contributed by atoms with Crippen molar-refractivity contribution in [3.63, 3.8) is 0 Å². The van der Waals surface area contributed by atoms with Crippen LogP contribution in [0.4, 0.5) is 23.3 Å². The maximum Gasteiger partial charge on any atom is 0.255 e. The van der Waals surface area contributed by atoms with E-state index in [1.807, 2.05) is 17.0 Å². The van der Waals surface area contributed by atoms with Gasteiger partial charge in [0.25, 0.3) is 5.91 Å². The van der Waals surface area contributed by atoms with Crippen LogP contribution in [0.15, 0.2) is 42.6 Å². The molecule has 0 saturated carbocycles. The SMILES string of the molecule is CN1CCN(C(=O)c2ccc(-n3nc(Nc4ccc(N5CCOCC5)cc4)nc3N)nc2)CC1. The summed E-state index contributed by atoms with van der Waals surface area (Å²) in [5.74, 6) is 1.06. The number of nitrogen functional groups attached to an aromatic ring is 1. The summed E-state index contributed by atoms with van der Waals surface area (Å²) < 4.78 is 6.87. The van der Waals surface area contributed by atoms with Crippen molar-refractivity contribution in [1.29, 1.82) is 0 Å². The van der Waals surface area contributed by atoms with Gasteiger partial charge in [-0.05, 0) is 43.4 Å². The second kappa shape index (κ2) is 9.65. The Labute approximate surface area is 198 Å². The van der Waals surface area contributed by atoms with Crippen LogP contribution in [0.1, 0.15) is 10.4 Å². The summed E-state index contributed by atoms with van der Waals surface area (Å²) in [7, 11) is 2.06. The molecule has 2 aromatic heterocycles. The number of aromatic nitrogens is 4. The van der Waals surface area contributed by atoms with Gasteiger partial charge in [0, 0.05) is 56.8 Å². The molecule has 0 aliphatic carbocycles. The van der Waals surface area contributed by atoms with Gasteiger partial charge in [-0.2, -0.15) is 9.67 Å². The average molecular weight is 464 g/mol. The van der Waals surface area contributed by atoms with Gasteiger partial charge in [0.05, 0.1) is 18.8 Å². The van der Waals surface area contributed by atoms with Crippen molar-refractivity contribution >= 4 is 29.2 Å². The number of amides is 1. The Morgan fingerprint density at radius 1 is 1.00 bits per heavy atom. The molecule has 0 unspecified atom stereocenters. The molecule has 11 heteroatoms. The lowest BCUT2D eigenvalue weighted by Crippen LogP contribution is -2.47. The molecule has 4 heterocycles. The number of benzene rings is 1. The van der Waals surface area contributed by atoms with Crippen LogP contribution in [0, 0.1) is 0 Å². The van der Waals surface area contributed by atoms with E-state index >= 15 is 0 Å². The number of carbonyl (C=O) groups is 1. The number of hydrogen-bond donors (Lipinski definition) is 2. The fourth-order valence-electron chi connectivity index (χ4n) is 4.08. The van der Waals surface area contributed by atoms with Gasteiger partial charge in [-0.15, -0.1) is 5.10 Å². The van der Waals surface area contributed by atoms with E-state index in [4.69, 9.17) is 10.5 Å². The van der Waals surface area contributed by atoms with Gasteiger partial charge < -0.3 is 30.5 Å². The molecule has 0 atom stereocenters. The first-order valence-corrected chi connectivity index (χ1v) is 11.4. The van der Waals surface area contributed by atoms with Crippen molar-refractivity contribution in [3.05, 3.63) is 48.2 Å². The van der Waals surface area contributed by atoms with Gasteiger partial charge in [-0.25, -0.2) is 4.98 Å². The predicted octanol–water partition coefficient (Wildman–Crippen LogP) is 1.21. The van der Waals surface area contributed by atoms with Crippen LogP contribution in [0.25, 0.3) is 5.82 Å². The van der Waals surface area contributed by atoms with E-state index in [-0.39, 0.29) is 11.9 Å². The Morgan fingerprint density at radius 3 is 2.41 bits per heavy atom. The molecule has 2 fully saturated rings. The summed E-state index contributed by atoms with van der Waals surface area (Å²) in [6.45, 7) is 6.46. The fraction of sp³-hybridized carbons (Fsp3) is 0.391. The molecule has 2 aliphatic heterocycles. The fourth-order valence-corrected chi connectivity index (χ4v) is 4.08. The van der Waals surface area contributed by atoms with Gasteiger partial charge >= 0.3 is 0 Å². The smallest absolute Gasteiger partial charge is 0.255 e. The highest BCUT2D eigenvalue weighted by atomic mass is 16.5. The standard InChI is InChI=1S/C23H29N9O2/c1-29-8-10-31(11-9-29)21(33)17-2-7-20(25-16-17)32-22(24)27-23(28-32)26-18-3-5-19(6-4-18)30-12-14-34-15-13-30/h2-7,16H,8-15H2,1H3,(H3,24,26,27,28). The molecule has 2 saturated heterocycles. The van der Waals surface area contributed by atoms with Crippen LogP contribution in [-0.2, 0) is 4.74 Å². The Bertz CT molecular complexity index is 1120. The first-order chi connectivity index (χ1) is 16.6. The first kappa shape index (κ1) is 22.1.